The van der Waals surface area contributed by atoms with E-state index in [4.69, 9.17) is 0 Å². The second kappa shape index (κ2) is 15.2. The molecule has 0 aromatic heterocycles. The van der Waals surface area contributed by atoms with Gasteiger partial charge in [0, 0.05) is 5.41 Å². The fourth-order valence-corrected chi connectivity index (χ4v) is 3.45. The highest BCUT2D eigenvalue weighted by Crippen LogP contribution is 2.34. The lowest BCUT2D eigenvalue weighted by molar-refractivity contribution is -0.118. The summed E-state index contributed by atoms with van der Waals surface area (Å²) in [6, 6.07) is 0. The number of carbonyl (C=O) groups is 1. The highest BCUT2D eigenvalue weighted by molar-refractivity contribution is 5.59. The average molecular weight is 325 g/mol. The van der Waals surface area contributed by atoms with Crippen LogP contribution in [0.25, 0.3) is 0 Å². The molecule has 1 heteroatoms. The molecule has 2 unspecified atom stereocenters. The molecule has 0 aliphatic rings. The minimum atomic E-state index is -0.0904. The summed E-state index contributed by atoms with van der Waals surface area (Å²) in [6.45, 7) is 9.02. The maximum atomic E-state index is 11.6. The molecule has 0 fully saturated rings. The molecule has 0 N–H and O–H groups in total. The molecule has 0 aliphatic heterocycles. The summed E-state index contributed by atoms with van der Waals surface area (Å²) >= 11 is 0. The van der Waals surface area contributed by atoms with Gasteiger partial charge in [-0.3, -0.25) is 0 Å². The van der Waals surface area contributed by atoms with Gasteiger partial charge < -0.3 is 4.79 Å². The van der Waals surface area contributed by atoms with Crippen LogP contribution in [0.5, 0.6) is 0 Å². The van der Waals surface area contributed by atoms with E-state index in [1.165, 1.54) is 96.2 Å². The maximum Gasteiger partial charge on any atom is 0.126 e. The minimum absolute atomic E-state index is 0.0904. The van der Waals surface area contributed by atoms with Gasteiger partial charge in [0.2, 0.25) is 0 Å². The van der Waals surface area contributed by atoms with E-state index in [2.05, 4.69) is 27.7 Å². The Bertz CT molecular complexity index is 261. The number of carbonyl (C=O) groups excluding carboxylic acids is 1. The fourth-order valence-electron chi connectivity index (χ4n) is 3.45. The zero-order chi connectivity index (χ0) is 17.4. The first-order chi connectivity index (χ1) is 11.1. The summed E-state index contributed by atoms with van der Waals surface area (Å²) in [5, 5.41) is 0. The molecule has 23 heavy (non-hydrogen) atoms. The fraction of sp³-hybridized carbons (Fsp3) is 0.955. The first-order valence-corrected chi connectivity index (χ1v) is 10.6. The number of rotatable bonds is 17. The van der Waals surface area contributed by atoms with E-state index in [1.807, 2.05) is 0 Å². The smallest absolute Gasteiger partial charge is 0.126 e. The van der Waals surface area contributed by atoms with Crippen molar-refractivity contribution < 1.29 is 4.79 Å². The molecular weight excluding hydrogens is 280 g/mol. The van der Waals surface area contributed by atoms with E-state index in [9.17, 15) is 4.79 Å². The predicted molar refractivity (Wildman–Crippen MR) is 104 cm³/mol. The number of unbranched alkanes of at least 4 members (excludes halogenated alkanes) is 11. The summed E-state index contributed by atoms with van der Waals surface area (Å²) in [5.41, 5.74) is -0.0904. The number of hydrogen-bond donors (Lipinski definition) is 0. The molecular formula is C22H44O. The Morgan fingerprint density at radius 2 is 1.17 bits per heavy atom. The van der Waals surface area contributed by atoms with Crippen molar-refractivity contribution in [1.29, 1.82) is 0 Å². The minimum Gasteiger partial charge on any atom is -0.303 e. The quantitative estimate of drug-likeness (QED) is 0.198. The molecule has 0 spiro atoms. The third kappa shape index (κ3) is 11.8. The Labute approximate surface area is 147 Å². The molecule has 0 saturated carbocycles. The van der Waals surface area contributed by atoms with Crippen LogP contribution in [0.4, 0.5) is 0 Å². The maximum absolute atomic E-state index is 11.6. The van der Waals surface area contributed by atoms with Gasteiger partial charge in [0.1, 0.15) is 6.29 Å². The normalized spacial score (nSPS) is 15.3. The summed E-state index contributed by atoms with van der Waals surface area (Å²) in [6.07, 6.45) is 21.0. The molecule has 0 aromatic carbocycles. The van der Waals surface area contributed by atoms with E-state index < -0.39 is 0 Å². The van der Waals surface area contributed by atoms with Crippen LogP contribution in [-0.4, -0.2) is 6.29 Å². The Hall–Kier alpha value is -0.330. The van der Waals surface area contributed by atoms with Crippen molar-refractivity contribution in [2.45, 2.75) is 124 Å². The van der Waals surface area contributed by atoms with Crippen LogP contribution in [0.3, 0.4) is 0 Å². The zero-order valence-corrected chi connectivity index (χ0v) is 16.7. The first-order valence-electron chi connectivity index (χ1n) is 10.6. The van der Waals surface area contributed by atoms with Crippen molar-refractivity contribution in [3.8, 4) is 0 Å². The topological polar surface area (TPSA) is 17.1 Å². The Morgan fingerprint density at radius 3 is 1.65 bits per heavy atom. The Balaban J connectivity index is 3.81. The van der Waals surface area contributed by atoms with Crippen molar-refractivity contribution >= 4 is 6.29 Å². The molecule has 0 bridgehead atoms. The van der Waals surface area contributed by atoms with Crippen molar-refractivity contribution in [2.24, 2.45) is 11.3 Å². The lowest BCUT2D eigenvalue weighted by Crippen LogP contribution is -2.27. The highest BCUT2D eigenvalue weighted by Gasteiger charge is 2.29. The monoisotopic (exact) mass is 324 g/mol. The van der Waals surface area contributed by atoms with E-state index >= 15 is 0 Å². The molecule has 0 heterocycles. The van der Waals surface area contributed by atoms with Gasteiger partial charge in [-0.1, -0.05) is 111 Å². The molecule has 0 amide bonds. The lowest BCUT2D eigenvalue weighted by Gasteiger charge is -2.30. The first kappa shape index (κ1) is 22.7. The highest BCUT2D eigenvalue weighted by atomic mass is 16.1. The summed E-state index contributed by atoms with van der Waals surface area (Å²) < 4.78 is 0. The van der Waals surface area contributed by atoms with Gasteiger partial charge in [0.15, 0.2) is 0 Å². The standard InChI is InChI=1S/C22H44O/c1-5-7-9-11-13-15-17-19-22(4,20-23)21(3)18-16-14-12-10-8-6-2/h20-21H,5-19H2,1-4H3. The van der Waals surface area contributed by atoms with Crippen molar-refractivity contribution in [3.63, 3.8) is 0 Å². The molecule has 0 aromatic rings. The second-order valence-electron chi connectivity index (χ2n) is 7.95. The molecule has 1 nitrogen and oxygen atoms in total. The van der Waals surface area contributed by atoms with Gasteiger partial charge in [-0.05, 0) is 18.8 Å². The predicted octanol–water partition coefficient (Wildman–Crippen LogP) is 7.72. The molecule has 2 atom stereocenters. The Kier molecular flexibility index (Phi) is 15.0. The van der Waals surface area contributed by atoms with E-state index in [0.29, 0.717) is 5.92 Å². The van der Waals surface area contributed by atoms with Gasteiger partial charge in [0.05, 0.1) is 0 Å². The molecule has 0 saturated heterocycles. The molecule has 0 rings (SSSR count). The number of aldehydes is 1. The van der Waals surface area contributed by atoms with Crippen LogP contribution < -0.4 is 0 Å². The van der Waals surface area contributed by atoms with Gasteiger partial charge >= 0.3 is 0 Å². The molecule has 0 aliphatic carbocycles. The average Bonchev–Trinajstić information content (AvgIpc) is 2.56. The van der Waals surface area contributed by atoms with Crippen molar-refractivity contribution in [1.82, 2.24) is 0 Å². The van der Waals surface area contributed by atoms with E-state index in [1.54, 1.807) is 0 Å². The van der Waals surface area contributed by atoms with Crippen molar-refractivity contribution in [3.05, 3.63) is 0 Å². The third-order valence-corrected chi connectivity index (χ3v) is 5.70. The third-order valence-electron chi connectivity index (χ3n) is 5.70. The largest absolute Gasteiger partial charge is 0.303 e. The van der Waals surface area contributed by atoms with Gasteiger partial charge in [-0.25, -0.2) is 0 Å². The van der Waals surface area contributed by atoms with Crippen molar-refractivity contribution in [2.75, 3.05) is 0 Å². The van der Waals surface area contributed by atoms with Crippen LogP contribution in [0.2, 0.25) is 0 Å². The van der Waals surface area contributed by atoms with Gasteiger partial charge in [0.25, 0.3) is 0 Å². The van der Waals surface area contributed by atoms with Gasteiger partial charge in [-0.15, -0.1) is 0 Å². The van der Waals surface area contributed by atoms with Gasteiger partial charge in [-0.2, -0.15) is 0 Å². The lowest BCUT2D eigenvalue weighted by atomic mass is 9.73. The van der Waals surface area contributed by atoms with Crippen LogP contribution in [0.15, 0.2) is 0 Å². The number of hydrogen-bond acceptors (Lipinski definition) is 1. The molecule has 138 valence electrons. The summed E-state index contributed by atoms with van der Waals surface area (Å²) in [7, 11) is 0. The van der Waals surface area contributed by atoms with E-state index in [-0.39, 0.29) is 5.41 Å². The summed E-state index contributed by atoms with van der Waals surface area (Å²) in [5.74, 6) is 0.534. The zero-order valence-electron chi connectivity index (χ0n) is 16.7. The van der Waals surface area contributed by atoms with Crippen LogP contribution >= 0.6 is 0 Å². The SMILES string of the molecule is CCCCCCCCCC(C)(C=O)C(C)CCCCCCCC. The van der Waals surface area contributed by atoms with Crippen LogP contribution in [0.1, 0.15) is 124 Å². The molecule has 0 radical (unpaired) electrons. The second-order valence-corrected chi connectivity index (χ2v) is 7.95. The Morgan fingerprint density at radius 1 is 0.739 bits per heavy atom. The van der Waals surface area contributed by atoms with E-state index in [0.717, 1.165) is 6.42 Å². The van der Waals surface area contributed by atoms with Crippen LogP contribution in [-0.2, 0) is 4.79 Å². The van der Waals surface area contributed by atoms with Crippen LogP contribution in [0, 0.1) is 11.3 Å². The summed E-state index contributed by atoms with van der Waals surface area (Å²) in [4.78, 5) is 11.6.